The lowest BCUT2D eigenvalue weighted by atomic mass is 10.4. The van der Waals surface area contributed by atoms with Gasteiger partial charge in [0.15, 0.2) is 11.3 Å². The molecule has 2 rings (SSSR count). The minimum Gasteiger partial charge on any atom is -0.216 e. The third-order valence-corrected chi connectivity index (χ3v) is 2.04. The van der Waals surface area contributed by atoms with Crippen molar-refractivity contribution < 1.29 is 0 Å². The van der Waals surface area contributed by atoms with E-state index < -0.39 is 0 Å². The van der Waals surface area contributed by atoms with Crippen LogP contribution in [0.2, 0.25) is 0 Å². The highest BCUT2D eigenvalue weighted by Crippen LogP contribution is 2.10. The summed E-state index contributed by atoms with van der Waals surface area (Å²) in [5, 5.41) is 13.0. The number of hydrogen-bond acceptors (Lipinski definition) is 3. The number of fused-ring (bicyclic) bond motifs is 1. The maximum atomic E-state index is 8.77. The van der Waals surface area contributed by atoms with E-state index in [0.29, 0.717) is 11.3 Å². The molecule has 0 aliphatic heterocycles. The molecule has 0 aromatic carbocycles. The van der Waals surface area contributed by atoms with Gasteiger partial charge in [-0.3, -0.25) is 0 Å². The predicted octanol–water partition coefficient (Wildman–Crippen LogP) is 1.55. The molecule has 0 aliphatic rings. The molecule has 0 amide bonds. The van der Waals surface area contributed by atoms with Crippen LogP contribution < -0.4 is 0 Å². The molecule has 2 aromatic rings. The van der Waals surface area contributed by atoms with E-state index >= 15 is 0 Å². The van der Waals surface area contributed by atoms with Gasteiger partial charge in [0, 0.05) is 0 Å². The lowest BCUT2D eigenvalue weighted by Gasteiger charge is -1.95. The van der Waals surface area contributed by atoms with E-state index in [1.807, 2.05) is 25.1 Å². The maximum absolute atomic E-state index is 8.77. The van der Waals surface area contributed by atoms with Crippen molar-refractivity contribution in [1.29, 1.82) is 5.26 Å². The normalized spacial score (nSPS) is 10.0. The Kier molecular flexibility index (Phi) is 1.79. The zero-order valence-corrected chi connectivity index (χ0v) is 7.73. The van der Waals surface area contributed by atoms with Crippen molar-refractivity contribution >= 4 is 11.7 Å². The summed E-state index contributed by atoms with van der Waals surface area (Å²) >= 11 is 0. The first-order valence-electron chi connectivity index (χ1n) is 4.15. The summed E-state index contributed by atoms with van der Waals surface area (Å²) in [7, 11) is 0. The lowest BCUT2D eigenvalue weighted by Crippen LogP contribution is -1.95. The van der Waals surface area contributed by atoms with Crippen molar-refractivity contribution in [3.8, 4) is 6.07 Å². The number of aromatic nitrogens is 3. The Hall–Kier alpha value is -2.15. The van der Waals surface area contributed by atoms with Crippen molar-refractivity contribution in [2.45, 2.75) is 6.92 Å². The minimum atomic E-state index is 0.415. The average molecular weight is 184 g/mol. The van der Waals surface area contributed by atoms with E-state index in [0.717, 1.165) is 11.4 Å². The summed E-state index contributed by atoms with van der Waals surface area (Å²) in [4.78, 5) is 4.11. The number of aryl methyl sites for hydroxylation is 1. The molecule has 0 saturated carbocycles. The van der Waals surface area contributed by atoms with Gasteiger partial charge >= 0.3 is 0 Å². The van der Waals surface area contributed by atoms with Gasteiger partial charge < -0.3 is 0 Å². The van der Waals surface area contributed by atoms with Crippen LogP contribution >= 0.6 is 0 Å². The molecule has 68 valence electrons. The van der Waals surface area contributed by atoms with Crippen LogP contribution in [0.1, 0.15) is 17.1 Å². The Morgan fingerprint density at radius 1 is 1.57 bits per heavy atom. The highest BCUT2D eigenvalue weighted by Gasteiger charge is 2.07. The van der Waals surface area contributed by atoms with E-state index in [1.165, 1.54) is 0 Å². The van der Waals surface area contributed by atoms with Crippen molar-refractivity contribution in [2.75, 3.05) is 0 Å². The second-order valence-electron chi connectivity index (χ2n) is 2.89. The van der Waals surface area contributed by atoms with Crippen LogP contribution in [0.25, 0.3) is 11.7 Å². The van der Waals surface area contributed by atoms with Gasteiger partial charge in [-0.2, -0.15) is 10.4 Å². The molecule has 14 heavy (non-hydrogen) atoms. The second-order valence-corrected chi connectivity index (χ2v) is 2.89. The second kappa shape index (κ2) is 2.96. The predicted molar refractivity (Wildman–Crippen MR) is 52.5 cm³/mol. The zero-order chi connectivity index (χ0) is 10.1. The van der Waals surface area contributed by atoms with Crippen molar-refractivity contribution in [1.82, 2.24) is 14.6 Å². The van der Waals surface area contributed by atoms with E-state index in [2.05, 4.69) is 16.7 Å². The molecule has 2 heterocycles. The lowest BCUT2D eigenvalue weighted by molar-refractivity contribution is 0.890. The molecule has 4 heteroatoms. The van der Waals surface area contributed by atoms with Crippen LogP contribution in [0.15, 0.2) is 18.7 Å². The first kappa shape index (κ1) is 8.45. The zero-order valence-electron chi connectivity index (χ0n) is 7.73. The molecule has 0 bridgehead atoms. The quantitative estimate of drug-likeness (QED) is 0.675. The summed E-state index contributed by atoms with van der Waals surface area (Å²) in [5.41, 5.74) is 2.62. The van der Waals surface area contributed by atoms with Gasteiger partial charge in [0.25, 0.3) is 0 Å². The highest BCUT2D eigenvalue weighted by molar-refractivity contribution is 5.49. The van der Waals surface area contributed by atoms with Crippen LogP contribution in [0, 0.1) is 18.3 Å². The monoisotopic (exact) mass is 184 g/mol. The molecule has 0 unspecified atom stereocenters. The molecule has 0 atom stereocenters. The summed E-state index contributed by atoms with van der Waals surface area (Å²) in [5.74, 6) is 0. The van der Waals surface area contributed by atoms with Crippen molar-refractivity contribution in [3.63, 3.8) is 0 Å². The summed E-state index contributed by atoms with van der Waals surface area (Å²) in [6, 6.07) is 5.66. The van der Waals surface area contributed by atoms with Gasteiger partial charge in [0.05, 0.1) is 11.4 Å². The number of rotatable bonds is 1. The molecule has 0 aliphatic carbocycles. The maximum Gasteiger partial charge on any atom is 0.164 e. The van der Waals surface area contributed by atoms with Gasteiger partial charge in [-0.25, -0.2) is 9.50 Å². The van der Waals surface area contributed by atoms with Gasteiger partial charge in [0.2, 0.25) is 0 Å². The Morgan fingerprint density at radius 3 is 3.00 bits per heavy atom. The summed E-state index contributed by atoms with van der Waals surface area (Å²) < 4.78 is 1.65. The molecule has 0 radical (unpaired) electrons. The molecule has 0 fully saturated rings. The topological polar surface area (TPSA) is 54.0 Å². The van der Waals surface area contributed by atoms with Crippen molar-refractivity contribution in [3.05, 3.63) is 35.8 Å². The Balaban J connectivity index is 2.82. The van der Waals surface area contributed by atoms with Gasteiger partial charge in [0.1, 0.15) is 6.07 Å². The first-order valence-corrected chi connectivity index (χ1v) is 4.15. The standard InChI is InChI=1S/C10H8N4/c1-3-8-4-5-10-12-9(6-11)7(2)14(10)13-8/h3-5H,1H2,2H3. The Bertz CT molecular complexity index is 545. The Morgan fingerprint density at radius 2 is 2.36 bits per heavy atom. The third kappa shape index (κ3) is 1.07. The Labute approximate surface area is 81.1 Å². The van der Waals surface area contributed by atoms with Crippen LogP contribution in [0.3, 0.4) is 0 Å². The number of nitrogens with zero attached hydrogens (tertiary/aromatic N) is 4. The highest BCUT2D eigenvalue weighted by atomic mass is 15.3. The van der Waals surface area contributed by atoms with E-state index in [1.54, 1.807) is 10.6 Å². The smallest absolute Gasteiger partial charge is 0.164 e. The van der Waals surface area contributed by atoms with E-state index in [9.17, 15) is 0 Å². The van der Waals surface area contributed by atoms with Gasteiger partial charge in [-0.15, -0.1) is 0 Å². The van der Waals surface area contributed by atoms with E-state index in [4.69, 9.17) is 5.26 Å². The number of nitriles is 1. The van der Waals surface area contributed by atoms with Crippen LogP contribution in [0.5, 0.6) is 0 Å². The summed E-state index contributed by atoms with van der Waals surface area (Å²) in [6.45, 7) is 5.45. The van der Waals surface area contributed by atoms with Gasteiger partial charge in [-0.1, -0.05) is 6.58 Å². The fourth-order valence-electron chi connectivity index (χ4n) is 1.27. The molecule has 0 spiro atoms. The summed E-state index contributed by atoms with van der Waals surface area (Å²) in [6.07, 6.45) is 1.66. The largest absolute Gasteiger partial charge is 0.216 e. The fourth-order valence-corrected chi connectivity index (χ4v) is 1.27. The fraction of sp³-hybridized carbons (Fsp3) is 0.100. The van der Waals surface area contributed by atoms with Crippen LogP contribution in [-0.2, 0) is 0 Å². The number of imidazole rings is 1. The molecular weight excluding hydrogens is 176 g/mol. The van der Waals surface area contributed by atoms with Crippen molar-refractivity contribution in [2.24, 2.45) is 0 Å². The third-order valence-electron chi connectivity index (χ3n) is 2.04. The molecule has 0 saturated heterocycles. The molecule has 2 aromatic heterocycles. The SMILES string of the molecule is C=Cc1ccc2nc(C#N)c(C)n2n1. The number of hydrogen-bond donors (Lipinski definition) is 0. The molecule has 4 nitrogen and oxygen atoms in total. The molecular formula is C10H8N4. The molecule has 0 N–H and O–H groups in total. The van der Waals surface area contributed by atoms with Gasteiger partial charge in [-0.05, 0) is 25.1 Å². The van der Waals surface area contributed by atoms with E-state index in [-0.39, 0.29) is 0 Å². The first-order chi connectivity index (χ1) is 6.76. The van der Waals surface area contributed by atoms with Crippen LogP contribution in [-0.4, -0.2) is 14.6 Å². The minimum absolute atomic E-state index is 0.415. The average Bonchev–Trinajstić information content (AvgIpc) is 2.55. The van der Waals surface area contributed by atoms with Crippen LogP contribution in [0.4, 0.5) is 0 Å².